The van der Waals surface area contributed by atoms with Crippen molar-refractivity contribution in [1.82, 2.24) is 0 Å². The number of hydrogen-bond acceptors (Lipinski definition) is 4. The fourth-order valence-electron chi connectivity index (χ4n) is 1.06. The second-order valence-corrected chi connectivity index (χ2v) is 8.19. The lowest BCUT2D eigenvalue weighted by molar-refractivity contribution is -0.662. The van der Waals surface area contributed by atoms with E-state index in [1.54, 1.807) is 0 Å². The summed E-state index contributed by atoms with van der Waals surface area (Å²) >= 11 is 0. The van der Waals surface area contributed by atoms with Gasteiger partial charge in [0.15, 0.2) is 7.60 Å². The molecule has 1 rings (SSSR count). The Bertz CT molecular complexity index is 282. The minimum atomic E-state index is -5.45. The Kier molecular flexibility index (Phi) is 8.76. The van der Waals surface area contributed by atoms with Crippen molar-refractivity contribution in [3.63, 3.8) is 0 Å². The van der Waals surface area contributed by atoms with E-state index in [4.69, 9.17) is 19.8 Å². The van der Waals surface area contributed by atoms with Gasteiger partial charge in [-0.1, -0.05) is 0 Å². The van der Waals surface area contributed by atoms with Gasteiger partial charge in [-0.25, -0.2) is 0 Å². The van der Waals surface area contributed by atoms with E-state index in [2.05, 4.69) is 5.32 Å². The first-order valence-electron chi connectivity index (χ1n) is 5.14. The monoisotopic (exact) mass is 309 g/mol. The summed E-state index contributed by atoms with van der Waals surface area (Å²) in [7, 11) is -10.7. The molecule has 0 aliphatic carbocycles. The molecule has 0 aromatic heterocycles. The maximum absolute atomic E-state index is 10.2. The predicted octanol–water partition coefficient (Wildman–Crippen LogP) is -2.72. The molecule has 2 unspecified atom stereocenters. The summed E-state index contributed by atoms with van der Waals surface area (Å²) in [5, 5.41) is 7.59. The fourth-order valence-corrected chi connectivity index (χ4v) is 2.38. The van der Waals surface area contributed by atoms with Crippen LogP contribution in [0.3, 0.4) is 0 Å². The molecule has 2 atom stereocenters. The molecule has 18 heavy (non-hydrogen) atoms. The second kappa shape index (κ2) is 7.69. The Morgan fingerprint density at radius 1 is 1.11 bits per heavy atom. The quantitative estimate of drug-likeness (QED) is 0.343. The lowest BCUT2D eigenvalue weighted by Crippen LogP contribution is -2.85. The molecule has 1 saturated heterocycles. The van der Waals surface area contributed by atoms with Gasteiger partial charge >= 0.3 is 7.60 Å². The highest BCUT2D eigenvalue weighted by Crippen LogP contribution is 2.64. The number of aliphatic hydroxyl groups is 1. The molecule has 1 heterocycles. The SMILES string of the molecule is C1CC[NH2+]CC1.CC(O)(P(=O)([O-])O)P(=O)(O)O.O. The normalized spacial score (nSPS) is 22.6. The predicted molar refractivity (Wildman–Crippen MR) is 61.6 cm³/mol. The van der Waals surface area contributed by atoms with Crippen LogP contribution in [0.1, 0.15) is 26.2 Å². The van der Waals surface area contributed by atoms with E-state index in [9.17, 15) is 14.0 Å². The van der Waals surface area contributed by atoms with Crippen molar-refractivity contribution < 1.29 is 44.6 Å². The molecular weight excluding hydrogens is 288 g/mol. The largest absolute Gasteiger partial charge is 0.776 e. The maximum atomic E-state index is 10.2. The molecule has 0 saturated carbocycles. The third-order valence-electron chi connectivity index (χ3n) is 2.40. The van der Waals surface area contributed by atoms with Crippen molar-refractivity contribution in [2.75, 3.05) is 13.1 Å². The minimum absolute atomic E-state index is 0. The zero-order chi connectivity index (χ0) is 13.7. The van der Waals surface area contributed by atoms with Crippen molar-refractivity contribution >= 4 is 15.2 Å². The number of quaternary nitrogens is 1. The minimum Gasteiger partial charge on any atom is -0.776 e. The van der Waals surface area contributed by atoms with Crippen LogP contribution in [0, 0.1) is 0 Å². The zero-order valence-corrected chi connectivity index (χ0v) is 11.8. The van der Waals surface area contributed by atoms with Gasteiger partial charge in [0.2, 0.25) is 5.08 Å². The summed E-state index contributed by atoms with van der Waals surface area (Å²) in [4.78, 5) is 34.7. The van der Waals surface area contributed by atoms with Gasteiger partial charge < -0.3 is 40.0 Å². The average Bonchev–Trinajstić information content (AvgIpc) is 2.18. The van der Waals surface area contributed by atoms with Gasteiger partial charge in [-0.2, -0.15) is 0 Å². The van der Waals surface area contributed by atoms with Crippen LogP contribution in [-0.2, 0) is 9.13 Å². The Balaban J connectivity index is 0. The van der Waals surface area contributed by atoms with Crippen LogP contribution in [-0.4, -0.2) is 43.4 Å². The maximum Gasteiger partial charge on any atom is 0.365 e. The van der Waals surface area contributed by atoms with Gasteiger partial charge in [-0.05, 0) is 26.2 Å². The highest BCUT2D eigenvalue weighted by molar-refractivity contribution is 7.71. The Labute approximate surface area is 105 Å². The summed E-state index contributed by atoms with van der Waals surface area (Å²) in [5.74, 6) is 0. The van der Waals surface area contributed by atoms with Gasteiger partial charge in [-0.15, -0.1) is 0 Å². The third kappa shape index (κ3) is 6.38. The van der Waals surface area contributed by atoms with Crippen molar-refractivity contribution in [3.05, 3.63) is 0 Å². The molecule has 0 bridgehead atoms. The van der Waals surface area contributed by atoms with Crippen molar-refractivity contribution in [3.8, 4) is 0 Å². The average molecular weight is 309 g/mol. The molecular formula is C7H21NO8P2. The van der Waals surface area contributed by atoms with E-state index in [-0.39, 0.29) is 5.48 Å². The summed E-state index contributed by atoms with van der Waals surface area (Å²) in [6, 6.07) is 0. The highest BCUT2D eigenvalue weighted by atomic mass is 31.2. The first-order chi connectivity index (χ1) is 7.50. The van der Waals surface area contributed by atoms with Crippen LogP contribution in [0.5, 0.6) is 0 Å². The van der Waals surface area contributed by atoms with Gasteiger partial charge in [0.1, 0.15) is 0 Å². The molecule has 11 heteroatoms. The molecule has 1 aliphatic heterocycles. The van der Waals surface area contributed by atoms with E-state index in [0.29, 0.717) is 6.92 Å². The van der Waals surface area contributed by atoms with Crippen LogP contribution in [0.4, 0.5) is 0 Å². The molecule has 0 aromatic rings. The molecule has 0 aromatic carbocycles. The number of hydrogen-bond donors (Lipinski definition) is 5. The smallest absolute Gasteiger partial charge is 0.365 e. The first kappa shape index (κ1) is 20.5. The second-order valence-electron chi connectivity index (χ2n) is 3.96. The molecule has 9 nitrogen and oxygen atoms in total. The number of nitrogens with two attached hydrogens (primary N) is 1. The van der Waals surface area contributed by atoms with Crippen LogP contribution < -0.4 is 10.2 Å². The summed E-state index contributed by atoms with van der Waals surface area (Å²) in [6.07, 6.45) is 4.36. The van der Waals surface area contributed by atoms with Crippen molar-refractivity contribution in [2.24, 2.45) is 0 Å². The summed E-state index contributed by atoms with van der Waals surface area (Å²) < 4.78 is 20.4. The summed E-state index contributed by atoms with van der Waals surface area (Å²) in [5.41, 5.74) is 0. The molecule has 0 radical (unpaired) electrons. The number of piperidine rings is 1. The van der Waals surface area contributed by atoms with Gasteiger partial charge in [0.05, 0.1) is 13.1 Å². The van der Waals surface area contributed by atoms with Crippen molar-refractivity contribution in [2.45, 2.75) is 31.3 Å². The van der Waals surface area contributed by atoms with Crippen LogP contribution in [0.15, 0.2) is 0 Å². The van der Waals surface area contributed by atoms with Gasteiger partial charge in [0.25, 0.3) is 0 Å². The van der Waals surface area contributed by atoms with Gasteiger partial charge in [-0.3, -0.25) is 4.57 Å². The van der Waals surface area contributed by atoms with Crippen LogP contribution >= 0.6 is 15.2 Å². The van der Waals surface area contributed by atoms with E-state index < -0.39 is 20.3 Å². The number of rotatable bonds is 2. The molecule has 0 spiro atoms. The Morgan fingerprint density at radius 2 is 1.50 bits per heavy atom. The molecule has 1 aliphatic rings. The van der Waals surface area contributed by atoms with E-state index in [1.807, 2.05) is 0 Å². The molecule has 112 valence electrons. The van der Waals surface area contributed by atoms with Crippen LogP contribution in [0.2, 0.25) is 0 Å². The van der Waals surface area contributed by atoms with Gasteiger partial charge in [0, 0.05) is 0 Å². The first-order valence-corrected chi connectivity index (χ1v) is 8.32. The van der Waals surface area contributed by atoms with E-state index >= 15 is 0 Å². The lowest BCUT2D eigenvalue weighted by Gasteiger charge is -2.32. The topological polar surface area (TPSA) is 186 Å². The summed E-state index contributed by atoms with van der Waals surface area (Å²) in [6.45, 7) is 3.07. The lowest BCUT2D eigenvalue weighted by atomic mass is 10.2. The molecule has 1 fully saturated rings. The Hall–Kier alpha value is 0.180. The van der Waals surface area contributed by atoms with E-state index in [1.165, 1.54) is 32.4 Å². The van der Waals surface area contributed by atoms with Crippen molar-refractivity contribution in [1.29, 1.82) is 0 Å². The Morgan fingerprint density at radius 3 is 1.56 bits per heavy atom. The molecule has 0 amide bonds. The molecule has 8 N–H and O–H groups in total. The van der Waals surface area contributed by atoms with Crippen LogP contribution in [0.25, 0.3) is 0 Å². The standard InChI is InChI=1S/C5H11N.C2H8O7P2.H2O/c1-2-4-6-5-3-1;1-2(3,10(4,5)6)11(7,8)9;/h6H,1-5H2;3H,1H3,(H2,4,5,6)(H2,7,8,9);1H2. The van der Waals surface area contributed by atoms with E-state index in [0.717, 1.165) is 0 Å². The fraction of sp³-hybridized carbons (Fsp3) is 1.00. The third-order valence-corrected chi connectivity index (χ3v) is 6.12. The zero-order valence-electron chi connectivity index (χ0n) is 10.0. The highest BCUT2D eigenvalue weighted by Gasteiger charge is 2.48.